The van der Waals surface area contributed by atoms with Gasteiger partial charge >= 0.3 is 0 Å². The minimum absolute atomic E-state index is 0.208. The van der Waals surface area contributed by atoms with E-state index in [2.05, 4.69) is 87.8 Å². The molecule has 0 aliphatic carbocycles. The Bertz CT molecular complexity index is 1800. The van der Waals surface area contributed by atoms with Gasteiger partial charge in [0.1, 0.15) is 0 Å². The van der Waals surface area contributed by atoms with E-state index >= 15 is 0 Å². The zero-order valence-corrected chi connectivity index (χ0v) is 28.3. The molecule has 9 heteroatoms. The van der Waals surface area contributed by atoms with Crippen molar-refractivity contribution in [2.24, 2.45) is 25.8 Å². The molecule has 0 amide bonds. The van der Waals surface area contributed by atoms with Crippen LogP contribution in [-0.2, 0) is 12.8 Å². The van der Waals surface area contributed by atoms with Gasteiger partial charge in [-0.3, -0.25) is 10.9 Å². The second-order valence-corrected chi connectivity index (χ2v) is 11.4. The predicted octanol–water partition coefficient (Wildman–Crippen LogP) is 5.35. The summed E-state index contributed by atoms with van der Waals surface area (Å²) in [6, 6.07) is 0. The molecule has 5 rings (SSSR count). The van der Waals surface area contributed by atoms with Gasteiger partial charge in [0, 0.05) is 12.4 Å². The molecule has 8 bridgehead atoms. The van der Waals surface area contributed by atoms with E-state index in [1.54, 1.807) is 0 Å². The number of nitrogens with zero attached hydrogens (tertiary/aromatic N) is 4. The van der Waals surface area contributed by atoms with Crippen molar-refractivity contribution in [1.29, 1.82) is 0 Å². The molecule has 0 fully saturated rings. The van der Waals surface area contributed by atoms with Crippen LogP contribution in [0.2, 0.25) is 0 Å². The van der Waals surface area contributed by atoms with Crippen molar-refractivity contribution in [2.75, 3.05) is 0 Å². The Hall–Kier alpha value is -4.40. The summed E-state index contributed by atoms with van der Waals surface area (Å²) < 4.78 is 0. The third-order valence-corrected chi connectivity index (χ3v) is 9.19. The highest BCUT2D eigenvalue weighted by Gasteiger charge is 2.32. The minimum atomic E-state index is 0.208. The number of fused-ring (bicyclic) bond motifs is 6. The van der Waals surface area contributed by atoms with Crippen molar-refractivity contribution in [3.63, 3.8) is 0 Å². The summed E-state index contributed by atoms with van der Waals surface area (Å²) in [4.78, 5) is 19.6. The Balaban J connectivity index is 1.83. The maximum atomic E-state index is 6.20. The quantitative estimate of drug-likeness (QED) is 0.273. The molecule has 0 unspecified atom stereocenters. The van der Waals surface area contributed by atoms with Gasteiger partial charge in [0.15, 0.2) is 0 Å². The van der Waals surface area contributed by atoms with E-state index in [1.807, 2.05) is 12.4 Å². The number of aromatic amines is 1. The number of H-pyrrole nitrogens is 1. The number of aromatic nitrogens is 1. The van der Waals surface area contributed by atoms with Crippen LogP contribution >= 0.6 is 0 Å². The van der Waals surface area contributed by atoms with Crippen LogP contribution in [0.15, 0.2) is 77.2 Å². The Labute approximate surface area is 267 Å². The van der Waals surface area contributed by atoms with Crippen molar-refractivity contribution in [1.82, 2.24) is 21.3 Å². The smallest absolute Gasteiger partial charge is 0.230 e. The Morgan fingerprint density at radius 2 is 1.18 bits per heavy atom. The van der Waals surface area contributed by atoms with Gasteiger partial charge in [-0.25, -0.2) is 15.0 Å². The standard InChI is InChI=1S/C36H49N9/c1-9-20-24(13-5)32-34-26(15-7)22(11-3)30(42-34)18-38-44-36(37)45-39-19-31-23(12-4)27(16-8)35(43-31)33-25(14-6)21(10-2)29(41-33)17-28(20)40-32/h17-19,38-39,42H,9-16H2,1-8H3,(H3,37,44,45). The number of nitrogens with two attached hydrogens (primary N) is 1. The van der Waals surface area contributed by atoms with Crippen LogP contribution in [0.25, 0.3) is 11.9 Å². The van der Waals surface area contributed by atoms with Gasteiger partial charge in [0.25, 0.3) is 0 Å². The Morgan fingerprint density at radius 1 is 0.600 bits per heavy atom. The van der Waals surface area contributed by atoms with Crippen LogP contribution in [0.3, 0.4) is 0 Å². The van der Waals surface area contributed by atoms with Crippen molar-refractivity contribution in [2.45, 2.75) is 107 Å². The normalized spacial score (nSPS) is 18.4. The molecule has 0 saturated heterocycles. The average molecular weight is 608 g/mol. The van der Waals surface area contributed by atoms with Gasteiger partial charge in [-0.15, -0.1) is 5.10 Å². The van der Waals surface area contributed by atoms with Crippen LogP contribution in [0, 0.1) is 0 Å². The van der Waals surface area contributed by atoms with E-state index in [4.69, 9.17) is 20.7 Å². The fraction of sp³-hybridized carbons (Fsp3) is 0.444. The number of hydrogen-bond donors (Lipinski definition) is 5. The van der Waals surface area contributed by atoms with Gasteiger partial charge in [-0.2, -0.15) is 0 Å². The average Bonchev–Trinajstić information content (AvgIpc) is 3.79. The monoisotopic (exact) mass is 607 g/mol. The third-order valence-electron chi connectivity index (χ3n) is 9.19. The second-order valence-electron chi connectivity index (χ2n) is 11.4. The SMILES string of the molecule is CCC1=C(CC)C2=NC1=CNN=C(N)NNC=c1[nH]c(c(CC)c1CC)=C1N=C(C=C3N=C2C(CC)=C3CC)C(CC)=C1CC. The van der Waals surface area contributed by atoms with E-state index in [0.29, 0.717) is 0 Å². The number of aliphatic imine (C=N–C) groups is 3. The minimum Gasteiger partial charge on any atom is -0.367 e. The highest BCUT2D eigenvalue weighted by atomic mass is 15.4. The zero-order chi connectivity index (χ0) is 32.2. The molecule has 0 saturated carbocycles. The number of allylic oxidation sites excluding steroid dienone is 6. The van der Waals surface area contributed by atoms with Crippen molar-refractivity contribution >= 4 is 35.0 Å². The highest BCUT2D eigenvalue weighted by Crippen LogP contribution is 2.38. The number of nitrogens with one attached hydrogen (secondary N) is 4. The first-order valence-corrected chi connectivity index (χ1v) is 16.8. The largest absolute Gasteiger partial charge is 0.367 e. The summed E-state index contributed by atoms with van der Waals surface area (Å²) >= 11 is 0. The van der Waals surface area contributed by atoms with Gasteiger partial charge in [0.05, 0.1) is 44.9 Å². The van der Waals surface area contributed by atoms with Crippen molar-refractivity contribution < 1.29 is 0 Å². The predicted molar refractivity (Wildman–Crippen MR) is 189 cm³/mol. The third kappa shape index (κ3) is 5.64. The first-order valence-electron chi connectivity index (χ1n) is 16.8. The molecule has 9 nitrogen and oxygen atoms in total. The van der Waals surface area contributed by atoms with Gasteiger partial charge < -0.3 is 16.1 Å². The lowest BCUT2D eigenvalue weighted by molar-refractivity contribution is 0.817. The molecule has 0 radical (unpaired) electrons. The van der Waals surface area contributed by atoms with Gasteiger partial charge in [-0.1, -0.05) is 55.4 Å². The van der Waals surface area contributed by atoms with Gasteiger partial charge in [-0.05, 0) is 102 Å². The summed E-state index contributed by atoms with van der Waals surface area (Å²) in [5.41, 5.74) is 31.4. The van der Waals surface area contributed by atoms with Crippen LogP contribution in [0.4, 0.5) is 0 Å². The number of guanidine groups is 1. The number of hydrogen-bond acceptors (Lipinski definition) is 8. The van der Waals surface area contributed by atoms with Crippen LogP contribution in [0.5, 0.6) is 0 Å². The van der Waals surface area contributed by atoms with E-state index in [-0.39, 0.29) is 5.96 Å². The fourth-order valence-corrected chi connectivity index (χ4v) is 7.16. The van der Waals surface area contributed by atoms with Crippen molar-refractivity contribution in [3.8, 4) is 0 Å². The molecule has 0 aromatic carbocycles. The molecule has 0 atom stereocenters. The lowest BCUT2D eigenvalue weighted by Gasteiger charge is -2.10. The maximum Gasteiger partial charge on any atom is 0.230 e. The maximum absolute atomic E-state index is 6.20. The summed E-state index contributed by atoms with van der Waals surface area (Å²) in [6.07, 6.45) is 13.1. The number of hydrazine groups is 1. The van der Waals surface area contributed by atoms with Crippen LogP contribution < -0.4 is 32.7 Å². The highest BCUT2D eigenvalue weighted by molar-refractivity contribution is 6.55. The summed E-state index contributed by atoms with van der Waals surface area (Å²) in [7, 11) is 0. The van der Waals surface area contributed by atoms with Crippen LogP contribution in [-0.4, -0.2) is 28.1 Å². The molecule has 1 aromatic heterocycles. The molecule has 0 spiro atoms. The lowest BCUT2D eigenvalue weighted by Crippen LogP contribution is -2.41. The number of hydrazone groups is 1. The van der Waals surface area contributed by atoms with E-state index in [9.17, 15) is 0 Å². The first kappa shape index (κ1) is 32.0. The number of rotatable bonds is 8. The molecule has 6 N–H and O–H groups in total. The molecular formula is C36H49N9. The molecule has 1 aromatic rings. The summed E-state index contributed by atoms with van der Waals surface area (Å²) in [5.74, 6) is 0.208. The fourth-order valence-electron chi connectivity index (χ4n) is 7.16. The lowest BCUT2D eigenvalue weighted by atomic mass is 9.91. The topological polar surface area (TPSA) is 127 Å². The molecule has 45 heavy (non-hydrogen) atoms. The molecule has 5 heterocycles. The first-order chi connectivity index (χ1) is 21.9. The van der Waals surface area contributed by atoms with E-state index in [0.717, 1.165) is 96.3 Å². The second kappa shape index (κ2) is 13.7. The summed E-state index contributed by atoms with van der Waals surface area (Å²) in [5, 5.41) is 6.41. The van der Waals surface area contributed by atoms with Crippen LogP contribution in [0.1, 0.15) is 105 Å². The molecule has 4 aliphatic rings. The summed E-state index contributed by atoms with van der Waals surface area (Å²) in [6.45, 7) is 17.7. The molecular weight excluding hydrogens is 558 g/mol. The van der Waals surface area contributed by atoms with Gasteiger partial charge in [0.2, 0.25) is 5.96 Å². The Morgan fingerprint density at radius 3 is 1.76 bits per heavy atom. The van der Waals surface area contributed by atoms with E-state index in [1.165, 1.54) is 44.6 Å². The zero-order valence-electron chi connectivity index (χ0n) is 28.3. The van der Waals surface area contributed by atoms with Crippen molar-refractivity contribution in [3.05, 3.63) is 78.9 Å². The molecule has 4 aliphatic heterocycles. The Kier molecular flexibility index (Phi) is 9.75. The van der Waals surface area contributed by atoms with E-state index < -0.39 is 0 Å². The molecule has 238 valence electrons.